The highest BCUT2D eigenvalue weighted by Crippen LogP contribution is 2.18. The summed E-state index contributed by atoms with van der Waals surface area (Å²) in [5, 5.41) is 5.27. The van der Waals surface area contributed by atoms with Gasteiger partial charge in [-0.2, -0.15) is 0 Å². The van der Waals surface area contributed by atoms with Gasteiger partial charge in [0.2, 0.25) is 0 Å². The molecule has 0 aliphatic rings. The normalized spacial score (nSPS) is 10.3. The second-order valence-corrected chi connectivity index (χ2v) is 5.30. The van der Waals surface area contributed by atoms with Crippen LogP contribution in [0.5, 0.6) is 0 Å². The Kier molecular flexibility index (Phi) is 4.41. The third-order valence-electron chi connectivity index (χ3n) is 2.53. The minimum atomic E-state index is -0.373. The molecule has 0 atom stereocenters. The number of hydrogen-bond acceptors (Lipinski definition) is 5. The van der Waals surface area contributed by atoms with E-state index >= 15 is 0 Å². The molecule has 1 amide bonds. The van der Waals surface area contributed by atoms with Gasteiger partial charge in [-0.15, -0.1) is 11.3 Å². The summed E-state index contributed by atoms with van der Waals surface area (Å²) in [5.74, 6) is -0.680. The second kappa shape index (κ2) is 6.06. The minimum Gasteiger partial charge on any atom is -0.469 e. The summed E-state index contributed by atoms with van der Waals surface area (Å²) in [6.45, 7) is 0. The zero-order valence-electron chi connectivity index (χ0n) is 10.8. The molecule has 8 heteroatoms. The van der Waals surface area contributed by atoms with Crippen molar-refractivity contribution in [2.75, 3.05) is 12.4 Å². The molecule has 2 aromatic rings. The van der Waals surface area contributed by atoms with Gasteiger partial charge in [0.05, 0.1) is 24.2 Å². The zero-order valence-corrected chi connectivity index (χ0v) is 12.4. The molecule has 0 aliphatic heterocycles. The van der Waals surface area contributed by atoms with Crippen molar-refractivity contribution in [3.63, 3.8) is 0 Å². The number of nitrogens with one attached hydrogen (secondary N) is 1. The Labute approximate surface area is 124 Å². The third kappa shape index (κ3) is 3.37. The molecule has 0 aromatic carbocycles. The fraction of sp³-hybridized carbons (Fsp3) is 0.250. The second-order valence-electron chi connectivity index (χ2n) is 4.01. The summed E-state index contributed by atoms with van der Waals surface area (Å²) < 4.78 is 6.18. The van der Waals surface area contributed by atoms with Crippen molar-refractivity contribution in [3.05, 3.63) is 34.1 Å². The van der Waals surface area contributed by atoms with E-state index in [1.165, 1.54) is 18.4 Å². The first-order valence-corrected chi connectivity index (χ1v) is 6.90. The van der Waals surface area contributed by atoms with Crippen LogP contribution >= 0.6 is 22.9 Å². The van der Waals surface area contributed by atoms with Gasteiger partial charge < -0.3 is 9.30 Å². The Morgan fingerprint density at radius 2 is 2.30 bits per heavy atom. The van der Waals surface area contributed by atoms with Crippen LogP contribution in [0.2, 0.25) is 5.02 Å². The topological polar surface area (TPSA) is 73.2 Å². The van der Waals surface area contributed by atoms with Crippen LogP contribution < -0.4 is 5.32 Å². The van der Waals surface area contributed by atoms with Gasteiger partial charge in [0.15, 0.2) is 5.13 Å². The molecule has 0 saturated heterocycles. The smallest absolute Gasteiger partial charge is 0.311 e. The standard InChI is InChI=1S/C12H12ClN3O3S/c1-16-5-7(13)3-9(16)11(18)15-12-14-8(6-20-12)4-10(17)19-2/h3,5-6H,4H2,1-2H3,(H,14,15,18). The number of ether oxygens (including phenoxy) is 1. The van der Waals surface area contributed by atoms with E-state index < -0.39 is 0 Å². The quantitative estimate of drug-likeness (QED) is 0.877. The molecule has 6 nitrogen and oxygen atoms in total. The number of aryl methyl sites for hydroxylation is 1. The van der Waals surface area contributed by atoms with E-state index in [9.17, 15) is 9.59 Å². The Morgan fingerprint density at radius 3 is 2.90 bits per heavy atom. The number of anilines is 1. The number of halogens is 1. The molecule has 0 radical (unpaired) electrons. The van der Waals surface area contributed by atoms with Crippen molar-refractivity contribution in [2.24, 2.45) is 7.05 Å². The maximum absolute atomic E-state index is 12.0. The van der Waals surface area contributed by atoms with Crippen LogP contribution in [0.25, 0.3) is 0 Å². The number of esters is 1. The van der Waals surface area contributed by atoms with Crippen molar-refractivity contribution in [1.29, 1.82) is 0 Å². The monoisotopic (exact) mass is 313 g/mol. The molecule has 20 heavy (non-hydrogen) atoms. The number of carbonyl (C=O) groups excluding carboxylic acids is 2. The van der Waals surface area contributed by atoms with Gasteiger partial charge >= 0.3 is 5.97 Å². The lowest BCUT2D eigenvalue weighted by atomic mass is 10.3. The lowest BCUT2D eigenvalue weighted by Gasteiger charge is -2.02. The van der Waals surface area contributed by atoms with Crippen molar-refractivity contribution >= 4 is 39.9 Å². The maximum atomic E-state index is 12.0. The average Bonchev–Trinajstić information content (AvgIpc) is 2.95. The highest BCUT2D eigenvalue weighted by atomic mass is 35.5. The van der Waals surface area contributed by atoms with Crippen LogP contribution in [0.4, 0.5) is 5.13 Å². The van der Waals surface area contributed by atoms with Gasteiger partial charge in [0.25, 0.3) is 5.91 Å². The number of thiazole rings is 1. The van der Waals surface area contributed by atoms with Crippen LogP contribution in [-0.2, 0) is 23.0 Å². The number of nitrogens with zero attached hydrogens (tertiary/aromatic N) is 2. The molecule has 0 bridgehead atoms. The molecular formula is C12H12ClN3O3S. The van der Waals surface area contributed by atoms with Gasteiger partial charge in [-0.3, -0.25) is 14.9 Å². The Balaban J connectivity index is 2.05. The van der Waals surface area contributed by atoms with Crippen molar-refractivity contribution in [1.82, 2.24) is 9.55 Å². The van der Waals surface area contributed by atoms with E-state index in [4.69, 9.17) is 11.6 Å². The van der Waals surface area contributed by atoms with Gasteiger partial charge in [0.1, 0.15) is 5.69 Å². The molecule has 1 N–H and O–H groups in total. The number of hydrogen-bond donors (Lipinski definition) is 1. The van der Waals surface area contributed by atoms with Crippen LogP contribution in [0.3, 0.4) is 0 Å². The first-order chi connectivity index (χ1) is 9.49. The summed E-state index contributed by atoms with van der Waals surface area (Å²) >= 11 is 7.07. The van der Waals surface area contributed by atoms with Crippen LogP contribution in [0, 0.1) is 0 Å². The molecule has 0 fully saturated rings. The van der Waals surface area contributed by atoms with Gasteiger partial charge in [0, 0.05) is 18.6 Å². The lowest BCUT2D eigenvalue weighted by molar-refractivity contribution is -0.139. The van der Waals surface area contributed by atoms with E-state index in [1.807, 2.05) is 0 Å². The maximum Gasteiger partial charge on any atom is 0.311 e. The fourth-order valence-electron chi connectivity index (χ4n) is 1.58. The third-order valence-corrected chi connectivity index (χ3v) is 3.54. The summed E-state index contributed by atoms with van der Waals surface area (Å²) in [6, 6.07) is 1.57. The zero-order chi connectivity index (χ0) is 14.7. The van der Waals surface area contributed by atoms with Crippen molar-refractivity contribution in [2.45, 2.75) is 6.42 Å². The molecule has 2 heterocycles. The fourth-order valence-corrected chi connectivity index (χ4v) is 2.53. The summed E-state index contributed by atoms with van der Waals surface area (Å²) in [7, 11) is 3.04. The molecule has 0 spiro atoms. The highest BCUT2D eigenvalue weighted by Gasteiger charge is 2.14. The largest absolute Gasteiger partial charge is 0.469 e. The van der Waals surface area contributed by atoms with E-state index in [-0.39, 0.29) is 18.3 Å². The molecule has 0 saturated carbocycles. The van der Waals surface area contributed by atoms with Crippen molar-refractivity contribution < 1.29 is 14.3 Å². The predicted octanol–water partition coefficient (Wildman–Crippen LogP) is 2.10. The van der Waals surface area contributed by atoms with E-state index in [0.717, 1.165) is 0 Å². The van der Waals surface area contributed by atoms with Crippen LogP contribution in [0.1, 0.15) is 16.2 Å². The van der Waals surface area contributed by atoms with Crippen LogP contribution in [0.15, 0.2) is 17.6 Å². The SMILES string of the molecule is COC(=O)Cc1csc(NC(=O)c2cc(Cl)cn2C)n1. The van der Waals surface area contributed by atoms with Gasteiger partial charge in [-0.25, -0.2) is 4.98 Å². The molecule has 106 valence electrons. The number of aromatic nitrogens is 2. The first-order valence-electron chi connectivity index (χ1n) is 5.64. The molecule has 0 aliphatic carbocycles. The predicted molar refractivity (Wildman–Crippen MR) is 76.2 cm³/mol. The lowest BCUT2D eigenvalue weighted by Crippen LogP contribution is -2.15. The summed E-state index contributed by atoms with van der Waals surface area (Å²) in [5.41, 5.74) is 0.988. The number of carbonyl (C=O) groups is 2. The molecular weight excluding hydrogens is 302 g/mol. The Morgan fingerprint density at radius 1 is 1.55 bits per heavy atom. The molecule has 2 aromatic heterocycles. The summed E-state index contributed by atoms with van der Waals surface area (Å²) in [4.78, 5) is 27.3. The Hall–Kier alpha value is -1.86. The van der Waals surface area contributed by atoms with Crippen LogP contribution in [-0.4, -0.2) is 28.5 Å². The van der Waals surface area contributed by atoms with E-state index in [0.29, 0.717) is 21.5 Å². The molecule has 2 rings (SSSR count). The van der Waals surface area contributed by atoms with Crippen molar-refractivity contribution in [3.8, 4) is 0 Å². The van der Waals surface area contributed by atoms with Gasteiger partial charge in [-0.05, 0) is 6.07 Å². The average molecular weight is 314 g/mol. The number of methoxy groups -OCH3 is 1. The first kappa shape index (κ1) is 14.5. The Bertz CT molecular complexity index is 650. The molecule has 0 unspecified atom stereocenters. The number of rotatable bonds is 4. The van der Waals surface area contributed by atoms with E-state index in [2.05, 4.69) is 15.0 Å². The van der Waals surface area contributed by atoms with E-state index in [1.54, 1.807) is 29.3 Å². The highest BCUT2D eigenvalue weighted by molar-refractivity contribution is 7.14. The summed E-state index contributed by atoms with van der Waals surface area (Å²) in [6.07, 6.45) is 1.72. The number of amides is 1. The minimum absolute atomic E-state index is 0.0822. The van der Waals surface area contributed by atoms with Gasteiger partial charge in [-0.1, -0.05) is 11.6 Å².